The Bertz CT molecular complexity index is 954. The number of rotatable bonds is 6. The number of para-hydroxylation sites is 1. The molecule has 26 heavy (non-hydrogen) atoms. The summed E-state index contributed by atoms with van der Waals surface area (Å²) in [6.45, 7) is 0. The van der Waals surface area contributed by atoms with Crippen LogP contribution in [0.1, 0.15) is 16.1 Å². The van der Waals surface area contributed by atoms with Crippen LogP contribution in [-0.2, 0) is 4.79 Å². The molecule has 0 amide bonds. The smallest absolute Gasteiger partial charge is 0.326 e. The molecular formula is C20H15ClO5. The second-order valence-corrected chi connectivity index (χ2v) is 5.63. The lowest BCUT2D eigenvalue weighted by Gasteiger charge is -2.08. The summed E-state index contributed by atoms with van der Waals surface area (Å²) in [4.78, 5) is 23.6. The van der Waals surface area contributed by atoms with Gasteiger partial charge in [-0.3, -0.25) is 9.59 Å². The highest BCUT2D eigenvalue weighted by atomic mass is 35.5. The van der Waals surface area contributed by atoms with Gasteiger partial charge in [-0.1, -0.05) is 30.3 Å². The highest BCUT2D eigenvalue weighted by Gasteiger charge is 2.11. The van der Waals surface area contributed by atoms with Crippen LogP contribution in [0.2, 0.25) is 0 Å². The van der Waals surface area contributed by atoms with Gasteiger partial charge in [0.2, 0.25) is 5.78 Å². The first kappa shape index (κ1) is 17.8. The molecule has 1 aromatic heterocycles. The first-order chi connectivity index (χ1) is 12.6. The summed E-state index contributed by atoms with van der Waals surface area (Å²) < 4.78 is 15.8. The number of ketones is 1. The molecule has 1 heterocycles. The summed E-state index contributed by atoms with van der Waals surface area (Å²) >= 11 is 5.43. The number of carbonyl (C=O) groups is 2. The van der Waals surface area contributed by atoms with E-state index >= 15 is 0 Å². The number of carbonyl (C=O) groups excluding carboxylic acids is 2. The van der Waals surface area contributed by atoms with Crippen molar-refractivity contribution in [2.75, 3.05) is 13.0 Å². The van der Waals surface area contributed by atoms with E-state index in [9.17, 15) is 9.59 Å². The first-order valence-electron chi connectivity index (χ1n) is 7.76. The number of hydrogen-bond acceptors (Lipinski definition) is 5. The Hall–Kier alpha value is -3.05. The van der Waals surface area contributed by atoms with Crippen LogP contribution < -0.4 is 9.47 Å². The molecule has 0 unspecified atom stereocenters. The van der Waals surface area contributed by atoms with E-state index in [0.717, 1.165) is 5.39 Å². The number of esters is 1. The summed E-state index contributed by atoms with van der Waals surface area (Å²) in [6.07, 6.45) is 3.04. The van der Waals surface area contributed by atoms with Crippen molar-refractivity contribution in [3.05, 3.63) is 65.9 Å². The standard InChI is InChI=1S/C20H15ClO5/c1-24-19-10-13(7-9-17(19)26-20(23)12-21)6-8-15(22)18-11-14-4-2-3-5-16(14)25-18/h2-11H,12H2,1H3/b8-6+. The molecule has 0 bridgehead atoms. The van der Waals surface area contributed by atoms with E-state index < -0.39 is 5.97 Å². The van der Waals surface area contributed by atoms with Crippen LogP contribution in [-0.4, -0.2) is 24.7 Å². The lowest BCUT2D eigenvalue weighted by atomic mass is 10.1. The molecular weight excluding hydrogens is 356 g/mol. The first-order valence-corrected chi connectivity index (χ1v) is 8.30. The van der Waals surface area contributed by atoms with Crippen molar-refractivity contribution in [1.82, 2.24) is 0 Å². The fraction of sp³-hybridized carbons (Fsp3) is 0.100. The van der Waals surface area contributed by atoms with Crippen molar-refractivity contribution in [3.63, 3.8) is 0 Å². The lowest BCUT2D eigenvalue weighted by molar-refractivity contribution is -0.131. The Labute approximate surface area is 154 Å². The maximum absolute atomic E-state index is 12.3. The Kier molecular flexibility index (Phi) is 5.39. The number of fused-ring (bicyclic) bond motifs is 1. The van der Waals surface area contributed by atoms with Crippen LogP contribution in [0, 0.1) is 0 Å². The molecule has 0 fully saturated rings. The molecule has 0 aliphatic carbocycles. The quantitative estimate of drug-likeness (QED) is 0.210. The molecule has 0 saturated heterocycles. The molecule has 3 aromatic rings. The molecule has 2 aromatic carbocycles. The van der Waals surface area contributed by atoms with E-state index in [1.807, 2.05) is 24.3 Å². The molecule has 6 heteroatoms. The second-order valence-electron chi connectivity index (χ2n) is 5.36. The zero-order valence-corrected chi connectivity index (χ0v) is 14.7. The van der Waals surface area contributed by atoms with Crippen molar-refractivity contribution in [3.8, 4) is 11.5 Å². The molecule has 3 rings (SSSR count). The van der Waals surface area contributed by atoms with Gasteiger partial charge in [-0.05, 0) is 35.9 Å². The average molecular weight is 371 g/mol. The van der Waals surface area contributed by atoms with Gasteiger partial charge in [-0.25, -0.2) is 0 Å². The van der Waals surface area contributed by atoms with Gasteiger partial charge >= 0.3 is 5.97 Å². The van der Waals surface area contributed by atoms with E-state index in [2.05, 4.69) is 0 Å². The van der Waals surface area contributed by atoms with Gasteiger partial charge in [0.25, 0.3) is 0 Å². The Balaban J connectivity index is 1.78. The van der Waals surface area contributed by atoms with Crippen LogP contribution in [0.3, 0.4) is 0 Å². The van der Waals surface area contributed by atoms with Crippen LogP contribution >= 0.6 is 11.6 Å². The minimum atomic E-state index is -0.576. The van der Waals surface area contributed by atoms with E-state index in [0.29, 0.717) is 16.9 Å². The van der Waals surface area contributed by atoms with E-state index in [1.54, 1.807) is 30.3 Å². The molecule has 132 valence electrons. The normalized spacial score (nSPS) is 11.0. The Morgan fingerprint density at radius 2 is 1.92 bits per heavy atom. The molecule has 0 atom stereocenters. The number of benzene rings is 2. The summed E-state index contributed by atoms with van der Waals surface area (Å²) in [6, 6.07) is 14.0. The molecule has 0 aliphatic rings. The summed E-state index contributed by atoms with van der Waals surface area (Å²) in [5, 5.41) is 0.872. The zero-order valence-electron chi connectivity index (χ0n) is 13.9. The van der Waals surface area contributed by atoms with E-state index in [-0.39, 0.29) is 23.2 Å². The molecule has 0 saturated carbocycles. The van der Waals surface area contributed by atoms with Crippen LogP contribution in [0.5, 0.6) is 11.5 Å². The van der Waals surface area contributed by atoms with Crippen molar-refractivity contribution in [2.24, 2.45) is 0 Å². The highest BCUT2D eigenvalue weighted by molar-refractivity contribution is 6.26. The summed E-state index contributed by atoms with van der Waals surface area (Å²) in [5.74, 6) is -0.189. The van der Waals surface area contributed by atoms with Crippen molar-refractivity contribution < 1.29 is 23.5 Å². The molecule has 0 spiro atoms. The van der Waals surface area contributed by atoms with Gasteiger partial charge in [0.05, 0.1) is 7.11 Å². The summed E-state index contributed by atoms with van der Waals surface area (Å²) in [7, 11) is 1.46. The van der Waals surface area contributed by atoms with Gasteiger partial charge < -0.3 is 13.9 Å². The van der Waals surface area contributed by atoms with Gasteiger partial charge in [0.15, 0.2) is 17.3 Å². The third kappa shape index (κ3) is 3.95. The number of hydrogen-bond donors (Lipinski definition) is 0. The Morgan fingerprint density at radius 3 is 2.65 bits per heavy atom. The highest BCUT2D eigenvalue weighted by Crippen LogP contribution is 2.29. The fourth-order valence-corrected chi connectivity index (χ4v) is 2.43. The van der Waals surface area contributed by atoms with Crippen LogP contribution in [0.4, 0.5) is 0 Å². The van der Waals surface area contributed by atoms with Gasteiger partial charge in [0.1, 0.15) is 11.5 Å². The largest absolute Gasteiger partial charge is 0.493 e. The minimum absolute atomic E-state index is 0.252. The molecule has 5 nitrogen and oxygen atoms in total. The second kappa shape index (κ2) is 7.89. The van der Waals surface area contributed by atoms with Gasteiger partial charge in [-0.2, -0.15) is 0 Å². The third-order valence-corrected chi connectivity index (χ3v) is 3.83. The minimum Gasteiger partial charge on any atom is -0.493 e. The predicted molar refractivity (Wildman–Crippen MR) is 98.9 cm³/mol. The molecule has 0 N–H and O–H groups in total. The zero-order chi connectivity index (χ0) is 18.5. The maximum Gasteiger partial charge on any atom is 0.326 e. The van der Waals surface area contributed by atoms with Crippen molar-refractivity contribution in [1.29, 1.82) is 0 Å². The Morgan fingerprint density at radius 1 is 1.12 bits per heavy atom. The number of halogens is 1. The lowest BCUT2D eigenvalue weighted by Crippen LogP contribution is -2.09. The van der Waals surface area contributed by atoms with Gasteiger partial charge in [0, 0.05) is 5.39 Å². The van der Waals surface area contributed by atoms with Crippen molar-refractivity contribution in [2.45, 2.75) is 0 Å². The van der Waals surface area contributed by atoms with E-state index in [4.69, 9.17) is 25.5 Å². The fourth-order valence-electron chi connectivity index (χ4n) is 2.38. The maximum atomic E-state index is 12.3. The predicted octanol–water partition coefficient (Wildman–Crippen LogP) is 4.48. The third-order valence-electron chi connectivity index (χ3n) is 3.62. The molecule has 0 radical (unpaired) electrons. The topological polar surface area (TPSA) is 65.7 Å². The van der Waals surface area contributed by atoms with Crippen LogP contribution in [0.25, 0.3) is 17.0 Å². The summed E-state index contributed by atoms with van der Waals surface area (Å²) in [5.41, 5.74) is 1.37. The molecule has 0 aliphatic heterocycles. The van der Waals surface area contributed by atoms with E-state index in [1.165, 1.54) is 13.2 Å². The number of alkyl halides is 1. The average Bonchev–Trinajstić information content (AvgIpc) is 3.11. The van der Waals surface area contributed by atoms with Crippen molar-refractivity contribution >= 4 is 40.4 Å². The number of methoxy groups -OCH3 is 1. The number of allylic oxidation sites excluding steroid dienone is 1. The number of ether oxygens (including phenoxy) is 2. The van der Waals surface area contributed by atoms with Gasteiger partial charge in [-0.15, -0.1) is 11.6 Å². The monoisotopic (exact) mass is 370 g/mol. The van der Waals surface area contributed by atoms with Crippen LogP contribution in [0.15, 0.2) is 59.0 Å². The number of furan rings is 1. The SMILES string of the molecule is COc1cc(/C=C/C(=O)c2cc3ccccc3o2)ccc1OC(=O)CCl.